The zero-order valence-corrected chi connectivity index (χ0v) is 9.99. The van der Waals surface area contributed by atoms with Gasteiger partial charge in [-0.15, -0.1) is 6.58 Å². The Morgan fingerprint density at radius 2 is 2.31 bits per heavy atom. The molecule has 0 radical (unpaired) electrons. The summed E-state index contributed by atoms with van der Waals surface area (Å²) < 4.78 is 7.12. The average Bonchev–Trinajstić information content (AvgIpc) is 2.49. The van der Waals surface area contributed by atoms with Crippen LogP contribution in [0.4, 0.5) is 11.5 Å². The molecular formula is C11H20N4O. The second kappa shape index (κ2) is 6.17. The summed E-state index contributed by atoms with van der Waals surface area (Å²) in [6, 6.07) is 0. The van der Waals surface area contributed by atoms with Crippen LogP contribution in [0.2, 0.25) is 0 Å². The molecule has 1 heterocycles. The summed E-state index contributed by atoms with van der Waals surface area (Å²) in [7, 11) is 1.87. The Bertz CT molecular complexity index is 346. The summed E-state index contributed by atoms with van der Waals surface area (Å²) in [4.78, 5) is 0. The third-order valence-corrected chi connectivity index (χ3v) is 2.27. The summed E-state index contributed by atoms with van der Waals surface area (Å²) in [6.07, 6.45) is 2.73. The Kier molecular flexibility index (Phi) is 4.85. The fourth-order valence-corrected chi connectivity index (χ4v) is 1.39. The Morgan fingerprint density at radius 1 is 1.56 bits per heavy atom. The van der Waals surface area contributed by atoms with Crippen molar-refractivity contribution in [2.24, 2.45) is 7.05 Å². The van der Waals surface area contributed by atoms with E-state index in [9.17, 15) is 0 Å². The highest BCUT2D eigenvalue weighted by Crippen LogP contribution is 2.20. The maximum Gasteiger partial charge on any atom is 0.147 e. The summed E-state index contributed by atoms with van der Waals surface area (Å²) >= 11 is 0. The molecule has 0 amide bonds. The van der Waals surface area contributed by atoms with Gasteiger partial charge in [-0.3, -0.25) is 4.68 Å². The van der Waals surface area contributed by atoms with Gasteiger partial charge in [-0.05, 0) is 13.3 Å². The van der Waals surface area contributed by atoms with Crippen LogP contribution in [-0.2, 0) is 11.8 Å². The van der Waals surface area contributed by atoms with Crippen molar-refractivity contribution in [1.82, 2.24) is 9.78 Å². The molecule has 5 nitrogen and oxygen atoms in total. The standard InChI is InChI=1S/C11H20N4O/c1-4-5-7-16-8-6-13-11-10(12)9(2)14-15(11)3/h4,13H,1,5-8,12H2,2-3H3. The maximum absolute atomic E-state index is 5.87. The van der Waals surface area contributed by atoms with Crippen LogP contribution in [0.15, 0.2) is 12.7 Å². The molecule has 0 aliphatic heterocycles. The minimum absolute atomic E-state index is 0.650. The molecule has 0 spiro atoms. The van der Waals surface area contributed by atoms with Crippen molar-refractivity contribution in [3.8, 4) is 0 Å². The molecule has 90 valence electrons. The van der Waals surface area contributed by atoms with Crippen LogP contribution in [0.25, 0.3) is 0 Å². The normalized spacial score (nSPS) is 10.4. The van der Waals surface area contributed by atoms with E-state index >= 15 is 0 Å². The summed E-state index contributed by atoms with van der Waals surface area (Å²) in [5, 5.41) is 7.42. The number of ether oxygens (including phenoxy) is 1. The highest BCUT2D eigenvalue weighted by molar-refractivity contribution is 5.64. The molecule has 5 heteroatoms. The number of aromatic nitrogens is 2. The first-order chi connectivity index (χ1) is 7.66. The molecule has 0 unspecified atom stereocenters. The number of hydrogen-bond donors (Lipinski definition) is 2. The Balaban J connectivity index is 2.29. The van der Waals surface area contributed by atoms with E-state index in [4.69, 9.17) is 10.5 Å². The van der Waals surface area contributed by atoms with Crippen LogP contribution in [0, 0.1) is 6.92 Å². The predicted octanol–water partition coefficient (Wildman–Crippen LogP) is 1.32. The van der Waals surface area contributed by atoms with Gasteiger partial charge in [0, 0.05) is 13.6 Å². The number of rotatable bonds is 7. The molecule has 0 atom stereocenters. The Morgan fingerprint density at radius 3 is 2.88 bits per heavy atom. The van der Waals surface area contributed by atoms with E-state index in [0.717, 1.165) is 24.5 Å². The van der Waals surface area contributed by atoms with Gasteiger partial charge < -0.3 is 15.8 Å². The van der Waals surface area contributed by atoms with Crippen LogP contribution in [0.1, 0.15) is 12.1 Å². The number of nitrogens with one attached hydrogen (secondary N) is 1. The highest BCUT2D eigenvalue weighted by Gasteiger charge is 2.08. The molecule has 0 aromatic carbocycles. The molecule has 1 aromatic rings. The largest absolute Gasteiger partial charge is 0.394 e. The van der Waals surface area contributed by atoms with E-state index in [-0.39, 0.29) is 0 Å². The van der Waals surface area contributed by atoms with Crippen molar-refractivity contribution in [1.29, 1.82) is 0 Å². The van der Waals surface area contributed by atoms with Crippen LogP contribution in [0.5, 0.6) is 0 Å². The minimum atomic E-state index is 0.650. The lowest BCUT2D eigenvalue weighted by Gasteiger charge is -2.07. The van der Waals surface area contributed by atoms with Crippen molar-refractivity contribution in [3.63, 3.8) is 0 Å². The fraction of sp³-hybridized carbons (Fsp3) is 0.545. The second-order valence-corrected chi connectivity index (χ2v) is 3.59. The van der Waals surface area contributed by atoms with Crippen LogP contribution >= 0.6 is 0 Å². The topological polar surface area (TPSA) is 65.1 Å². The van der Waals surface area contributed by atoms with Gasteiger partial charge in [-0.2, -0.15) is 5.10 Å². The van der Waals surface area contributed by atoms with Crippen molar-refractivity contribution in [3.05, 3.63) is 18.3 Å². The van der Waals surface area contributed by atoms with E-state index in [1.54, 1.807) is 4.68 Å². The molecular weight excluding hydrogens is 204 g/mol. The third kappa shape index (κ3) is 3.27. The van der Waals surface area contributed by atoms with Gasteiger partial charge in [-0.25, -0.2) is 0 Å². The van der Waals surface area contributed by atoms with Gasteiger partial charge in [-0.1, -0.05) is 6.08 Å². The second-order valence-electron chi connectivity index (χ2n) is 3.59. The summed E-state index contributed by atoms with van der Waals surface area (Å²) in [5.74, 6) is 0.852. The molecule has 16 heavy (non-hydrogen) atoms. The van der Waals surface area contributed by atoms with Crippen LogP contribution < -0.4 is 11.1 Å². The van der Waals surface area contributed by atoms with Crippen molar-refractivity contribution >= 4 is 11.5 Å². The lowest BCUT2D eigenvalue weighted by atomic mass is 10.4. The molecule has 1 aromatic heterocycles. The Hall–Kier alpha value is -1.49. The first-order valence-corrected chi connectivity index (χ1v) is 5.38. The summed E-state index contributed by atoms with van der Waals surface area (Å²) in [5.41, 5.74) is 7.41. The monoisotopic (exact) mass is 224 g/mol. The van der Waals surface area contributed by atoms with Gasteiger partial charge in [0.25, 0.3) is 0 Å². The predicted molar refractivity (Wildman–Crippen MR) is 66.5 cm³/mol. The molecule has 3 N–H and O–H groups in total. The zero-order chi connectivity index (χ0) is 12.0. The maximum atomic E-state index is 5.87. The van der Waals surface area contributed by atoms with Gasteiger partial charge in [0.15, 0.2) is 0 Å². The Labute approximate surface area is 96.3 Å². The molecule has 1 rings (SSSR count). The van der Waals surface area contributed by atoms with Crippen molar-refractivity contribution < 1.29 is 4.74 Å². The molecule has 0 aliphatic rings. The fourth-order valence-electron chi connectivity index (χ4n) is 1.39. The van der Waals surface area contributed by atoms with E-state index < -0.39 is 0 Å². The number of nitrogens with zero attached hydrogens (tertiary/aromatic N) is 2. The van der Waals surface area contributed by atoms with Crippen LogP contribution in [-0.4, -0.2) is 29.5 Å². The van der Waals surface area contributed by atoms with Crippen molar-refractivity contribution in [2.45, 2.75) is 13.3 Å². The molecule has 0 aliphatic carbocycles. The number of nitrogens with two attached hydrogens (primary N) is 1. The quantitative estimate of drug-likeness (QED) is 0.541. The molecule has 0 bridgehead atoms. The van der Waals surface area contributed by atoms with E-state index in [2.05, 4.69) is 17.0 Å². The third-order valence-electron chi connectivity index (χ3n) is 2.27. The average molecular weight is 224 g/mol. The zero-order valence-electron chi connectivity index (χ0n) is 9.99. The van der Waals surface area contributed by atoms with Crippen molar-refractivity contribution in [2.75, 3.05) is 30.8 Å². The smallest absolute Gasteiger partial charge is 0.147 e. The lowest BCUT2D eigenvalue weighted by Crippen LogP contribution is -2.13. The SMILES string of the molecule is C=CCCOCCNc1c(N)c(C)nn1C. The number of anilines is 2. The first-order valence-electron chi connectivity index (χ1n) is 5.38. The lowest BCUT2D eigenvalue weighted by molar-refractivity contribution is 0.149. The number of nitrogen functional groups attached to an aromatic ring is 1. The summed E-state index contributed by atoms with van der Waals surface area (Å²) in [6.45, 7) is 7.60. The van der Waals surface area contributed by atoms with Gasteiger partial charge in [0.2, 0.25) is 0 Å². The first kappa shape index (κ1) is 12.6. The molecule has 0 saturated carbocycles. The number of aryl methyl sites for hydroxylation is 2. The minimum Gasteiger partial charge on any atom is -0.394 e. The van der Waals surface area contributed by atoms with E-state index in [1.807, 2.05) is 20.0 Å². The molecule has 0 saturated heterocycles. The van der Waals surface area contributed by atoms with E-state index in [0.29, 0.717) is 18.9 Å². The number of hydrogen-bond acceptors (Lipinski definition) is 4. The van der Waals surface area contributed by atoms with Gasteiger partial charge in [0.05, 0.1) is 24.6 Å². The highest BCUT2D eigenvalue weighted by atomic mass is 16.5. The molecule has 0 fully saturated rings. The van der Waals surface area contributed by atoms with Crippen LogP contribution in [0.3, 0.4) is 0 Å². The van der Waals surface area contributed by atoms with Gasteiger partial charge in [0.1, 0.15) is 5.82 Å². The van der Waals surface area contributed by atoms with Gasteiger partial charge >= 0.3 is 0 Å². The van der Waals surface area contributed by atoms with E-state index in [1.165, 1.54) is 0 Å².